The standard InChI is InChI=1S/C16H24ClN3O2.2ClH/c1-22-13(11-18)10-16(21)19-14-9-12(17)5-6-15(14)20-7-3-2-4-8-20;;/h5-6,9,13H,2-4,7-8,10-11,18H2,1H3,(H,19,21);2*1H. The summed E-state index contributed by atoms with van der Waals surface area (Å²) in [7, 11) is 1.56. The molecule has 1 atom stereocenters. The summed E-state index contributed by atoms with van der Waals surface area (Å²) in [5, 5.41) is 3.56. The molecule has 0 spiro atoms. The van der Waals surface area contributed by atoms with Crippen LogP contribution in [0.5, 0.6) is 0 Å². The summed E-state index contributed by atoms with van der Waals surface area (Å²) >= 11 is 6.08. The average Bonchev–Trinajstić information content (AvgIpc) is 2.53. The molecule has 1 aliphatic rings. The molecule has 2 rings (SSSR count). The number of halogens is 3. The Balaban J connectivity index is 0.00000264. The number of methoxy groups -OCH3 is 1. The first-order valence-corrected chi connectivity index (χ1v) is 8.09. The van der Waals surface area contributed by atoms with Gasteiger partial charge in [-0.05, 0) is 37.5 Å². The Morgan fingerprint density at radius 1 is 1.33 bits per heavy atom. The van der Waals surface area contributed by atoms with Crippen molar-refractivity contribution in [1.82, 2.24) is 0 Å². The lowest BCUT2D eigenvalue weighted by molar-refractivity contribution is -0.118. The number of rotatable bonds is 6. The van der Waals surface area contributed by atoms with Crippen molar-refractivity contribution in [3.8, 4) is 0 Å². The highest BCUT2D eigenvalue weighted by Crippen LogP contribution is 2.31. The predicted molar refractivity (Wildman–Crippen MR) is 105 cm³/mol. The van der Waals surface area contributed by atoms with Gasteiger partial charge in [0.1, 0.15) is 0 Å². The van der Waals surface area contributed by atoms with Gasteiger partial charge in [-0.15, -0.1) is 24.8 Å². The summed E-state index contributed by atoms with van der Waals surface area (Å²) in [6.45, 7) is 2.33. The van der Waals surface area contributed by atoms with Gasteiger partial charge in [0.15, 0.2) is 0 Å². The molecule has 0 aromatic heterocycles. The first-order chi connectivity index (χ1) is 10.6. The maximum atomic E-state index is 12.2. The number of amides is 1. The van der Waals surface area contributed by atoms with Gasteiger partial charge in [0, 0.05) is 31.8 Å². The van der Waals surface area contributed by atoms with Gasteiger partial charge in [-0.25, -0.2) is 0 Å². The summed E-state index contributed by atoms with van der Waals surface area (Å²) in [4.78, 5) is 14.5. The van der Waals surface area contributed by atoms with Crippen LogP contribution in [0.4, 0.5) is 11.4 Å². The number of benzene rings is 1. The minimum Gasteiger partial charge on any atom is -0.380 e. The van der Waals surface area contributed by atoms with Crippen LogP contribution < -0.4 is 16.0 Å². The molecule has 0 saturated carbocycles. The van der Waals surface area contributed by atoms with E-state index in [4.69, 9.17) is 22.1 Å². The van der Waals surface area contributed by atoms with E-state index in [9.17, 15) is 4.79 Å². The van der Waals surface area contributed by atoms with Crippen molar-refractivity contribution in [2.45, 2.75) is 31.8 Å². The lowest BCUT2D eigenvalue weighted by Crippen LogP contribution is -2.31. The maximum Gasteiger partial charge on any atom is 0.227 e. The second-order valence-corrected chi connectivity index (χ2v) is 5.99. The Hall–Kier alpha value is -0.720. The topological polar surface area (TPSA) is 67.6 Å². The number of hydrogen-bond acceptors (Lipinski definition) is 4. The van der Waals surface area contributed by atoms with Crippen LogP contribution in [0.25, 0.3) is 0 Å². The molecule has 1 aliphatic heterocycles. The summed E-state index contributed by atoms with van der Waals surface area (Å²) in [6.07, 6.45) is 3.58. The smallest absolute Gasteiger partial charge is 0.227 e. The molecule has 1 aromatic carbocycles. The van der Waals surface area contributed by atoms with E-state index in [1.54, 1.807) is 13.2 Å². The zero-order valence-corrected chi connectivity index (χ0v) is 16.2. The highest BCUT2D eigenvalue weighted by Gasteiger charge is 2.17. The molecule has 1 heterocycles. The van der Waals surface area contributed by atoms with Crippen molar-refractivity contribution in [3.05, 3.63) is 23.2 Å². The van der Waals surface area contributed by atoms with E-state index in [1.807, 2.05) is 12.1 Å². The second kappa shape index (κ2) is 11.8. The Morgan fingerprint density at radius 3 is 2.58 bits per heavy atom. The zero-order valence-electron chi connectivity index (χ0n) is 13.8. The van der Waals surface area contributed by atoms with Crippen LogP contribution in [-0.2, 0) is 9.53 Å². The first kappa shape index (κ1) is 23.3. The molecule has 24 heavy (non-hydrogen) atoms. The average molecular weight is 399 g/mol. The van der Waals surface area contributed by atoms with Crippen LogP contribution in [0.2, 0.25) is 5.02 Å². The number of ether oxygens (including phenoxy) is 1. The molecular weight excluding hydrogens is 373 g/mol. The highest BCUT2D eigenvalue weighted by atomic mass is 35.5. The van der Waals surface area contributed by atoms with E-state index in [0.717, 1.165) is 24.5 Å². The molecule has 0 radical (unpaired) electrons. The van der Waals surface area contributed by atoms with Crippen molar-refractivity contribution >= 4 is 53.7 Å². The van der Waals surface area contributed by atoms with Crippen LogP contribution in [0.3, 0.4) is 0 Å². The van der Waals surface area contributed by atoms with Crippen molar-refractivity contribution in [1.29, 1.82) is 0 Å². The van der Waals surface area contributed by atoms with Gasteiger partial charge in [-0.1, -0.05) is 11.6 Å². The normalized spacial score (nSPS) is 15.0. The fourth-order valence-corrected chi connectivity index (χ4v) is 2.86. The molecule has 0 aliphatic carbocycles. The summed E-state index contributed by atoms with van der Waals surface area (Å²) in [6, 6.07) is 5.63. The maximum absolute atomic E-state index is 12.2. The third-order valence-electron chi connectivity index (χ3n) is 3.94. The van der Waals surface area contributed by atoms with E-state index in [-0.39, 0.29) is 43.2 Å². The fourth-order valence-electron chi connectivity index (χ4n) is 2.69. The van der Waals surface area contributed by atoms with Gasteiger partial charge in [0.05, 0.1) is 23.9 Å². The lowest BCUT2D eigenvalue weighted by Gasteiger charge is -2.30. The second-order valence-electron chi connectivity index (χ2n) is 5.55. The number of nitrogens with two attached hydrogens (primary N) is 1. The third kappa shape index (κ3) is 6.65. The number of hydrogen-bond donors (Lipinski definition) is 2. The summed E-state index contributed by atoms with van der Waals surface area (Å²) in [5.74, 6) is -0.113. The third-order valence-corrected chi connectivity index (χ3v) is 4.17. The lowest BCUT2D eigenvalue weighted by atomic mass is 10.1. The van der Waals surface area contributed by atoms with Gasteiger partial charge >= 0.3 is 0 Å². The van der Waals surface area contributed by atoms with Gasteiger partial charge in [0.25, 0.3) is 0 Å². The van der Waals surface area contributed by atoms with E-state index in [2.05, 4.69) is 10.2 Å². The fraction of sp³-hybridized carbons (Fsp3) is 0.562. The number of carbonyl (C=O) groups is 1. The number of nitrogens with one attached hydrogen (secondary N) is 1. The molecule has 5 nitrogen and oxygen atoms in total. The number of piperidine rings is 1. The van der Waals surface area contributed by atoms with Crippen LogP contribution in [-0.4, -0.2) is 38.8 Å². The zero-order chi connectivity index (χ0) is 15.9. The van der Waals surface area contributed by atoms with Gasteiger partial charge < -0.3 is 20.7 Å². The number of nitrogens with zero attached hydrogens (tertiary/aromatic N) is 1. The molecule has 8 heteroatoms. The highest BCUT2D eigenvalue weighted by molar-refractivity contribution is 6.31. The Labute approximate surface area is 161 Å². The van der Waals surface area contributed by atoms with Crippen molar-refractivity contribution in [2.75, 3.05) is 37.0 Å². The Kier molecular flexibility index (Phi) is 11.4. The van der Waals surface area contributed by atoms with Crippen LogP contribution in [0.15, 0.2) is 18.2 Å². The van der Waals surface area contributed by atoms with E-state index in [1.165, 1.54) is 19.3 Å². The van der Waals surface area contributed by atoms with Crippen molar-refractivity contribution in [2.24, 2.45) is 5.73 Å². The van der Waals surface area contributed by atoms with Gasteiger partial charge in [0.2, 0.25) is 5.91 Å². The van der Waals surface area contributed by atoms with Gasteiger partial charge in [-0.2, -0.15) is 0 Å². The van der Waals surface area contributed by atoms with Crippen molar-refractivity contribution in [3.63, 3.8) is 0 Å². The monoisotopic (exact) mass is 397 g/mol. The number of anilines is 2. The minimum absolute atomic E-state index is 0. The Morgan fingerprint density at radius 2 is 2.00 bits per heavy atom. The molecular formula is C16H26Cl3N3O2. The summed E-state index contributed by atoms with van der Waals surface area (Å²) < 4.78 is 5.16. The molecule has 1 saturated heterocycles. The molecule has 1 fully saturated rings. The molecule has 0 bridgehead atoms. The molecule has 1 aromatic rings. The first-order valence-electron chi connectivity index (χ1n) is 7.71. The van der Waals surface area contributed by atoms with Gasteiger partial charge in [-0.3, -0.25) is 4.79 Å². The summed E-state index contributed by atoms with van der Waals surface area (Å²) in [5.41, 5.74) is 7.34. The predicted octanol–water partition coefficient (Wildman–Crippen LogP) is 3.48. The van der Waals surface area contributed by atoms with E-state index in [0.29, 0.717) is 11.6 Å². The minimum atomic E-state index is -0.266. The van der Waals surface area contributed by atoms with Crippen LogP contribution in [0.1, 0.15) is 25.7 Å². The van der Waals surface area contributed by atoms with Crippen molar-refractivity contribution < 1.29 is 9.53 Å². The SMILES string of the molecule is COC(CN)CC(=O)Nc1cc(Cl)ccc1N1CCCCC1.Cl.Cl. The Bertz CT molecular complexity index is 507. The molecule has 1 amide bonds. The molecule has 3 N–H and O–H groups in total. The number of carbonyl (C=O) groups excluding carboxylic acids is 1. The molecule has 138 valence electrons. The molecule has 1 unspecified atom stereocenters. The van der Waals surface area contributed by atoms with E-state index < -0.39 is 0 Å². The van der Waals surface area contributed by atoms with Crippen LogP contribution >= 0.6 is 36.4 Å². The van der Waals surface area contributed by atoms with E-state index >= 15 is 0 Å². The quantitative estimate of drug-likeness (QED) is 0.770. The largest absolute Gasteiger partial charge is 0.380 e. The van der Waals surface area contributed by atoms with Crippen LogP contribution in [0, 0.1) is 0 Å².